The van der Waals surface area contributed by atoms with Crippen LogP contribution in [0, 0.1) is 6.92 Å². The van der Waals surface area contributed by atoms with Crippen molar-refractivity contribution in [1.29, 1.82) is 0 Å². The molecule has 1 aromatic heterocycles. The maximum atomic E-state index is 11.2. The topological polar surface area (TPSA) is 56.0 Å². The first-order chi connectivity index (χ1) is 7.09. The minimum Gasteiger partial charge on any atom is -0.366 e. The fourth-order valence-electron chi connectivity index (χ4n) is 1.53. The van der Waals surface area contributed by atoms with Crippen LogP contribution in [0.5, 0.6) is 0 Å². The van der Waals surface area contributed by atoms with Crippen molar-refractivity contribution in [2.45, 2.75) is 6.92 Å². The summed E-state index contributed by atoms with van der Waals surface area (Å²) in [6.45, 7) is 1.82. The van der Waals surface area contributed by atoms with Gasteiger partial charge in [-0.05, 0) is 19.1 Å². The highest BCUT2D eigenvalue weighted by atomic mass is 35.5. The molecule has 0 unspecified atom stereocenters. The van der Waals surface area contributed by atoms with Gasteiger partial charge in [-0.15, -0.1) is 0 Å². The molecule has 0 fully saturated rings. The summed E-state index contributed by atoms with van der Waals surface area (Å²) >= 11 is 6.05. The van der Waals surface area contributed by atoms with Crippen LogP contribution in [0.1, 0.15) is 16.1 Å². The van der Waals surface area contributed by atoms with Gasteiger partial charge >= 0.3 is 0 Å². The quantitative estimate of drug-likeness (QED) is 0.802. The van der Waals surface area contributed by atoms with Crippen molar-refractivity contribution >= 4 is 28.4 Å². The number of nitrogens with zero attached hydrogens (tertiary/aromatic N) is 1. The van der Waals surface area contributed by atoms with Crippen LogP contribution < -0.4 is 5.73 Å². The van der Waals surface area contributed by atoms with E-state index in [9.17, 15) is 4.79 Å². The predicted octanol–water partition coefficient (Wildman–Crippen LogP) is 2.30. The van der Waals surface area contributed by atoms with E-state index in [1.165, 1.54) is 0 Å². The summed E-state index contributed by atoms with van der Waals surface area (Å²) in [6.07, 6.45) is 0. The number of amides is 1. The van der Waals surface area contributed by atoms with Crippen molar-refractivity contribution in [3.05, 3.63) is 40.5 Å². The molecule has 0 atom stereocenters. The summed E-state index contributed by atoms with van der Waals surface area (Å²) in [5.41, 5.74) is 6.99. The average molecular weight is 221 g/mol. The normalized spacial score (nSPS) is 10.5. The third kappa shape index (κ3) is 1.66. The first-order valence-corrected chi connectivity index (χ1v) is 4.83. The van der Waals surface area contributed by atoms with Crippen LogP contribution in [0.4, 0.5) is 0 Å². The molecule has 0 bridgehead atoms. The molecule has 76 valence electrons. The highest BCUT2D eigenvalue weighted by Gasteiger charge is 2.09. The number of primary amides is 1. The minimum absolute atomic E-state index is 0.401. The lowest BCUT2D eigenvalue weighted by Gasteiger charge is -2.05. The summed E-state index contributed by atoms with van der Waals surface area (Å²) in [5, 5.41) is 1.33. The molecule has 0 aliphatic carbocycles. The molecule has 1 aromatic carbocycles. The lowest BCUT2D eigenvalue weighted by Crippen LogP contribution is -2.12. The van der Waals surface area contributed by atoms with Crippen LogP contribution >= 0.6 is 11.6 Å². The fourth-order valence-corrected chi connectivity index (χ4v) is 1.84. The number of nitrogens with two attached hydrogens (primary N) is 1. The van der Waals surface area contributed by atoms with Gasteiger partial charge in [0.2, 0.25) is 0 Å². The van der Waals surface area contributed by atoms with Crippen LogP contribution in [0.25, 0.3) is 10.9 Å². The third-order valence-corrected chi connectivity index (χ3v) is 2.50. The Morgan fingerprint density at radius 2 is 2.20 bits per heavy atom. The van der Waals surface area contributed by atoms with E-state index in [1.807, 2.05) is 13.0 Å². The number of halogens is 1. The molecule has 0 aliphatic heterocycles. The van der Waals surface area contributed by atoms with Crippen LogP contribution in [-0.2, 0) is 0 Å². The molecule has 15 heavy (non-hydrogen) atoms. The van der Waals surface area contributed by atoms with Crippen molar-refractivity contribution in [2.75, 3.05) is 0 Å². The Balaban J connectivity index is 2.91. The van der Waals surface area contributed by atoms with E-state index in [4.69, 9.17) is 17.3 Å². The third-order valence-electron chi connectivity index (χ3n) is 2.18. The van der Waals surface area contributed by atoms with Crippen molar-refractivity contribution in [2.24, 2.45) is 5.73 Å². The van der Waals surface area contributed by atoms with Gasteiger partial charge in [0.15, 0.2) is 0 Å². The van der Waals surface area contributed by atoms with E-state index in [0.717, 1.165) is 11.1 Å². The number of hydrogen-bond acceptors (Lipinski definition) is 2. The zero-order valence-electron chi connectivity index (χ0n) is 8.12. The molecule has 0 aliphatic rings. The number of aryl methyl sites for hydroxylation is 1. The van der Waals surface area contributed by atoms with Gasteiger partial charge in [0.05, 0.1) is 16.1 Å². The second-order valence-electron chi connectivity index (χ2n) is 3.31. The van der Waals surface area contributed by atoms with Gasteiger partial charge in [-0.1, -0.05) is 23.7 Å². The number of hydrogen-bond donors (Lipinski definition) is 1. The van der Waals surface area contributed by atoms with E-state index in [-0.39, 0.29) is 0 Å². The Morgan fingerprint density at radius 1 is 1.47 bits per heavy atom. The number of rotatable bonds is 1. The lowest BCUT2D eigenvalue weighted by atomic mass is 10.1. The van der Waals surface area contributed by atoms with E-state index >= 15 is 0 Å². The summed E-state index contributed by atoms with van der Waals surface area (Å²) in [5.74, 6) is -0.491. The summed E-state index contributed by atoms with van der Waals surface area (Å²) in [6, 6.07) is 6.96. The molecule has 3 nitrogen and oxygen atoms in total. The number of fused-ring (bicyclic) bond motifs is 1. The first kappa shape index (κ1) is 9.93. The Kier molecular flexibility index (Phi) is 2.32. The van der Waals surface area contributed by atoms with Gasteiger partial charge in [0.25, 0.3) is 5.91 Å². The highest BCUT2D eigenvalue weighted by molar-refractivity contribution is 6.35. The molecule has 0 radical (unpaired) electrons. The van der Waals surface area contributed by atoms with E-state index < -0.39 is 5.91 Å². The second kappa shape index (κ2) is 3.51. The molecule has 1 amide bonds. The maximum absolute atomic E-state index is 11.2. The molecule has 2 rings (SSSR count). The predicted molar refractivity (Wildman–Crippen MR) is 60.0 cm³/mol. The average Bonchev–Trinajstić information content (AvgIpc) is 2.16. The zero-order chi connectivity index (χ0) is 11.0. The summed E-state index contributed by atoms with van der Waals surface area (Å²) in [4.78, 5) is 15.4. The summed E-state index contributed by atoms with van der Waals surface area (Å²) < 4.78 is 0. The van der Waals surface area contributed by atoms with Gasteiger partial charge in [0.1, 0.15) is 0 Å². The van der Waals surface area contributed by atoms with Crippen molar-refractivity contribution < 1.29 is 4.79 Å². The Hall–Kier alpha value is -1.61. The SMILES string of the molecule is Cc1cc(Cl)c2cccc(C(N)=O)c2n1. The first-order valence-electron chi connectivity index (χ1n) is 4.45. The van der Waals surface area contributed by atoms with Crippen molar-refractivity contribution in [3.63, 3.8) is 0 Å². The molecule has 0 saturated carbocycles. The van der Waals surface area contributed by atoms with Crippen LogP contribution in [0.15, 0.2) is 24.3 Å². The number of benzene rings is 1. The fraction of sp³-hybridized carbons (Fsp3) is 0.0909. The van der Waals surface area contributed by atoms with Crippen molar-refractivity contribution in [1.82, 2.24) is 4.98 Å². The number of aromatic nitrogens is 1. The molecule has 1 heterocycles. The maximum Gasteiger partial charge on any atom is 0.250 e. The van der Waals surface area contributed by atoms with E-state index in [0.29, 0.717) is 16.1 Å². The zero-order valence-corrected chi connectivity index (χ0v) is 8.88. The molecule has 0 spiro atoms. The molecular weight excluding hydrogens is 212 g/mol. The van der Waals surface area contributed by atoms with E-state index in [2.05, 4.69) is 4.98 Å². The van der Waals surface area contributed by atoms with Gasteiger partial charge in [-0.2, -0.15) is 0 Å². The number of pyridine rings is 1. The van der Waals surface area contributed by atoms with Crippen molar-refractivity contribution in [3.8, 4) is 0 Å². The van der Waals surface area contributed by atoms with Crippen LogP contribution in [0.2, 0.25) is 5.02 Å². The van der Waals surface area contributed by atoms with Crippen LogP contribution in [0.3, 0.4) is 0 Å². The van der Waals surface area contributed by atoms with Gasteiger partial charge in [-0.25, -0.2) is 0 Å². The molecule has 0 saturated heterocycles. The Morgan fingerprint density at radius 3 is 2.87 bits per heavy atom. The largest absolute Gasteiger partial charge is 0.366 e. The molecule has 2 aromatic rings. The Bertz CT molecular complexity index is 552. The van der Waals surface area contributed by atoms with Gasteiger partial charge in [0, 0.05) is 11.1 Å². The number of para-hydroxylation sites is 1. The molecule has 2 N–H and O–H groups in total. The monoisotopic (exact) mass is 220 g/mol. The van der Waals surface area contributed by atoms with Gasteiger partial charge in [-0.3, -0.25) is 9.78 Å². The number of carbonyl (C=O) groups is 1. The minimum atomic E-state index is -0.491. The van der Waals surface area contributed by atoms with Crippen LogP contribution in [-0.4, -0.2) is 10.9 Å². The summed E-state index contributed by atoms with van der Waals surface area (Å²) in [7, 11) is 0. The molecular formula is C11H9ClN2O. The standard InChI is InChI=1S/C11H9ClN2O/c1-6-5-9(12)7-3-2-4-8(11(13)15)10(7)14-6/h2-5H,1H3,(H2,13,15). The number of carbonyl (C=O) groups excluding carboxylic acids is 1. The lowest BCUT2D eigenvalue weighted by molar-refractivity contribution is 0.100. The van der Waals surface area contributed by atoms with Gasteiger partial charge < -0.3 is 5.73 Å². The highest BCUT2D eigenvalue weighted by Crippen LogP contribution is 2.25. The smallest absolute Gasteiger partial charge is 0.250 e. The molecule has 4 heteroatoms. The Labute approximate surface area is 91.9 Å². The van der Waals surface area contributed by atoms with E-state index in [1.54, 1.807) is 18.2 Å². The second-order valence-corrected chi connectivity index (χ2v) is 3.72.